The van der Waals surface area contributed by atoms with Gasteiger partial charge in [-0.2, -0.15) is 0 Å². The number of amides is 1. The summed E-state index contributed by atoms with van der Waals surface area (Å²) in [6, 6.07) is -0.835. The Morgan fingerprint density at radius 1 is 1.57 bits per heavy atom. The van der Waals surface area contributed by atoms with E-state index in [1.165, 1.54) is 18.7 Å². The molecule has 82 valence electrons. The van der Waals surface area contributed by atoms with Crippen LogP contribution in [0.25, 0.3) is 0 Å². The van der Waals surface area contributed by atoms with E-state index in [2.05, 4.69) is 5.32 Å². The molecule has 6 heteroatoms. The van der Waals surface area contributed by atoms with Crippen LogP contribution in [0.4, 0.5) is 0 Å². The molecule has 1 atom stereocenters. The first-order valence-corrected chi connectivity index (χ1v) is 5.38. The molecular formula is C8H15NO4S. The maximum Gasteiger partial charge on any atom is 0.327 e. The number of thioether (sulfide) groups is 1. The second-order valence-electron chi connectivity index (χ2n) is 2.57. The van der Waals surface area contributed by atoms with Crippen LogP contribution < -0.4 is 5.32 Å². The molecule has 1 amide bonds. The second kappa shape index (κ2) is 7.64. The summed E-state index contributed by atoms with van der Waals surface area (Å²) in [6.45, 7) is 3.76. The summed E-state index contributed by atoms with van der Waals surface area (Å²) >= 11 is 1.34. The number of carboxylic acids is 1. The molecule has 0 aromatic carbocycles. The van der Waals surface area contributed by atoms with Crippen molar-refractivity contribution < 1.29 is 19.4 Å². The second-order valence-corrected chi connectivity index (χ2v) is 3.55. The van der Waals surface area contributed by atoms with Crippen molar-refractivity contribution in [1.29, 1.82) is 0 Å². The van der Waals surface area contributed by atoms with E-state index in [1.54, 1.807) is 0 Å². The van der Waals surface area contributed by atoms with Gasteiger partial charge in [-0.15, -0.1) is 11.8 Å². The van der Waals surface area contributed by atoms with Gasteiger partial charge in [0.15, 0.2) is 0 Å². The van der Waals surface area contributed by atoms with Crippen LogP contribution >= 0.6 is 11.8 Å². The number of nitrogens with one attached hydrogen (secondary N) is 1. The lowest BCUT2D eigenvalue weighted by atomic mass is 10.3. The van der Waals surface area contributed by atoms with Crippen molar-refractivity contribution in [3.05, 3.63) is 0 Å². The van der Waals surface area contributed by atoms with Gasteiger partial charge in [0.2, 0.25) is 5.91 Å². The molecule has 14 heavy (non-hydrogen) atoms. The molecule has 0 heterocycles. The van der Waals surface area contributed by atoms with Crippen molar-refractivity contribution in [2.45, 2.75) is 19.9 Å². The summed E-state index contributed by atoms with van der Waals surface area (Å²) in [5.41, 5.74) is 0. The summed E-state index contributed by atoms with van der Waals surface area (Å²) in [7, 11) is 0. The van der Waals surface area contributed by atoms with E-state index in [0.717, 1.165) is 0 Å². The average molecular weight is 221 g/mol. The number of ether oxygens (including phenoxy) is 1. The zero-order valence-electron chi connectivity index (χ0n) is 8.28. The molecule has 0 saturated heterocycles. The monoisotopic (exact) mass is 221 g/mol. The van der Waals surface area contributed by atoms with Crippen LogP contribution in [0.1, 0.15) is 13.8 Å². The molecule has 0 aromatic heterocycles. The molecule has 0 aliphatic carbocycles. The van der Waals surface area contributed by atoms with Gasteiger partial charge >= 0.3 is 5.97 Å². The Morgan fingerprint density at radius 3 is 2.64 bits per heavy atom. The standard InChI is InChI=1S/C8H15NO4S/c1-3-13-5-14-4-7(8(11)12)9-6(2)10/h7H,3-5H2,1-2H3,(H,9,10)(H,11,12). The van der Waals surface area contributed by atoms with Crippen molar-refractivity contribution in [3.63, 3.8) is 0 Å². The zero-order valence-corrected chi connectivity index (χ0v) is 9.10. The van der Waals surface area contributed by atoms with Gasteiger partial charge in [-0.25, -0.2) is 4.79 Å². The van der Waals surface area contributed by atoms with Gasteiger partial charge in [0, 0.05) is 19.3 Å². The molecule has 0 rings (SSSR count). The third-order valence-corrected chi connectivity index (χ3v) is 2.23. The van der Waals surface area contributed by atoms with E-state index in [-0.39, 0.29) is 5.91 Å². The van der Waals surface area contributed by atoms with E-state index in [4.69, 9.17) is 9.84 Å². The molecule has 0 saturated carbocycles. The maximum atomic E-state index is 10.6. The molecule has 5 nitrogen and oxygen atoms in total. The zero-order chi connectivity index (χ0) is 11.0. The van der Waals surface area contributed by atoms with Crippen LogP contribution in [0.2, 0.25) is 0 Å². The molecule has 0 aliphatic heterocycles. The number of carbonyl (C=O) groups excluding carboxylic acids is 1. The van der Waals surface area contributed by atoms with Crippen LogP contribution in [-0.2, 0) is 14.3 Å². The Morgan fingerprint density at radius 2 is 2.21 bits per heavy atom. The van der Waals surface area contributed by atoms with Crippen LogP contribution in [-0.4, -0.2) is 41.3 Å². The SMILES string of the molecule is CCOCSCC(NC(C)=O)C(=O)O. The Labute approximate surface area is 87.2 Å². The van der Waals surface area contributed by atoms with Gasteiger partial charge < -0.3 is 15.2 Å². The van der Waals surface area contributed by atoms with Crippen molar-refractivity contribution >= 4 is 23.6 Å². The highest BCUT2D eigenvalue weighted by molar-refractivity contribution is 7.99. The van der Waals surface area contributed by atoms with Gasteiger partial charge in [-0.3, -0.25) is 4.79 Å². The minimum atomic E-state index is -1.02. The summed E-state index contributed by atoms with van der Waals surface area (Å²) in [5, 5.41) is 11.1. The third kappa shape index (κ3) is 6.73. The van der Waals surface area contributed by atoms with Gasteiger partial charge in [-0.05, 0) is 6.92 Å². The fourth-order valence-corrected chi connectivity index (χ4v) is 1.57. The van der Waals surface area contributed by atoms with E-state index >= 15 is 0 Å². The molecule has 0 radical (unpaired) electrons. The largest absolute Gasteiger partial charge is 0.480 e. The van der Waals surface area contributed by atoms with Gasteiger partial charge in [0.25, 0.3) is 0 Å². The van der Waals surface area contributed by atoms with Crippen LogP contribution in [0.3, 0.4) is 0 Å². The Kier molecular flexibility index (Phi) is 7.23. The molecule has 0 aliphatic rings. The lowest BCUT2D eigenvalue weighted by Crippen LogP contribution is -2.41. The predicted molar refractivity (Wildman–Crippen MR) is 54.2 cm³/mol. The van der Waals surface area contributed by atoms with Crippen molar-refractivity contribution in [3.8, 4) is 0 Å². The highest BCUT2D eigenvalue weighted by Gasteiger charge is 2.17. The Balaban J connectivity index is 3.74. The topological polar surface area (TPSA) is 75.6 Å². The smallest absolute Gasteiger partial charge is 0.327 e. The van der Waals surface area contributed by atoms with Crippen LogP contribution in [0.15, 0.2) is 0 Å². The van der Waals surface area contributed by atoms with E-state index < -0.39 is 12.0 Å². The van der Waals surface area contributed by atoms with Crippen molar-refractivity contribution in [2.75, 3.05) is 18.3 Å². The maximum absolute atomic E-state index is 10.6. The van der Waals surface area contributed by atoms with Gasteiger partial charge in [0.05, 0.1) is 5.94 Å². The minimum absolute atomic E-state index is 0.314. The molecule has 0 aromatic rings. The number of rotatable bonds is 7. The molecule has 1 unspecified atom stereocenters. The van der Waals surface area contributed by atoms with Crippen molar-refractivity contribution in [1.82, 2.24) is 5.32 Å². The normalized spacial score (nSPS) is 12.1. The number of aliphatic carboxylic acids is 1. The van der Waals surface area contributed by atoms with E-state index in [0.29, 0.717) is 18.3 Å². The average Bonchev–Trinajstić information content (AvgIpc) is 2.09. The number of hydrogen-bond donors (Lipinski definition) is 2. The Bertz CT molecular complexity index is 198. The van der Waals surface area contributed by atoms with Crippen LogP contribution in [0, 0.1) is 0 Å². The highest BCUT2D eigenvalue weighted by atomic mass is 32.2. The molecule has 2 N–H and O–H groups in total. The number of carboxylic acid groups (broad SMARTS) is 1. The Hall–Kier alpha value is -0.750. The molecule has 0 fully saturated rings. The summed E-state index contributed by atoms with van der Waals surface area (Å²) < 4.78 is 5.03. The fraction of sp³-hybridized carbons (Fsp3) is 0.750. The summed E-state index contributed by atoms with van der Waals surface area (Å²) in [5.74, 6) is -0.604. The quantitative estimate of drug-likeness (QED) is 0.478. The first-order valence-electron chi connectivity index (χ1n) is 4.23. The first kappa shape index (κ1) is 13.2. The number of hydrogen-bond acceptors (Lipinski definition) is 4. The molecular weight excluding hydrogens is 206 g/mol. The van der Waals surface area contributed by atoms with E-state index in [1.807, 2.05) is 6.92 Å². The predicted octanol–water partition coefficient (Wildman–Crippen LogP) is 0.303. The van der Waals surface area contributed by atoms with Gasteiger partial charge in [-0.1, -0.05) is 0 Å². The highest BCUT2D eigenvalue weighted by Crippen LogP contribution is 2.03. The lowest BCUT2D eigenvalue weighted by molar-refractivity contribution is -0.140. The first-order chi connectivity index (χ1) is 6.57. The minimum Gasteiger partial charge on any atom is -0.480 e. The van der Waals surface area contributed by atoms with Crippen molar-refractivity contribution in [2.24, 2.45) is 0 Å². The van der Waals surface area contributed by atoms with Gasteiger partial charge in [0.1, 0.15) is 6.04 Å². The summed E-state index contributed by atoms with van der Waals surface area (Å²) in [6.07, 6.45) is 0. The number of carbonyl (C=O) groups is 2. The fourth-order valence-electron chi connectivity index (χ4n) is 0.728. The lowest BCUT2D eigenvalue weighted by Gasteiger charge is -2.12. The van der Waals surface area contributed by atoms with E-state index in [9.17, 15) is 9.59 Å². The molecule has 0 spiro atoms. The summed E-state index contributed by atoms with van der Waals surface area (Å²) in [4.78, 5) is 21.3. The third-order valence-electron chi connectivity index (χ3n) is 1.33. The van der Waals surface area contributed by atoms with Crippen LogP contribution in [0.5, 0.6) is 0 Å². The molecule has 0 bridgehead atoms.